The first kappa shape index (κ1) is 18.2. The van der Waals surface area contributed by atoms with Crippen molar-refractivity contribution in [2.24, 2.45) is 5.92 Å². The molecule has 1 aromatic carbocycles. The maximum absolute atomic E-state index is 12.7. The number of piperidine rings is 1. The molecule has 0 saturated carbocycles. The maximum Gasteiger partial charge on any atom is 0.254 e. The minimum atomic E-state index is 0.107. The topological polar surface area (TPSA) is 54.5 Å². The summed E-state index contributed by atoms with van der Waals surface area (Å²) in [6.45, 7) is 4.69. The number of amides is 1. The van der Waals surface area contributed by atoms with Gasteiger partial charge in [-0.1, -0.05) is 19.1 Å². The highest BCUT2D eigenvalue weighted by Crippen LogP contribution is 2.19. The number of nitrogens with one attached hydrogen (secondary N) is 1. The minimum Gasteiger partial charge on any atom is -0.497 e. The molecular formula is C21H27N3O2. The van der Waals surface area contributed by atoms with Gasteiger partial charge < -0.3 is 15.0 Å². The lowest BCUT2D eigenvalue weighted by Crippen LogP contribution is -2.37. The second-order valence-electron chi connectivity index (χ2n) is 6.93. The summed E-state index contributed by atoms with van der Waals surface area (Å²) in [6.07, 6.45) is 4.74. The third-order valence-corrected chi connectivity index (χ3v) is 4.93. The summed E-state index contributed by atoms with van der Waals surface area (Å²) in [5.74, 6) is 2.42. The van der Waals surface area contributed by atoms with E-state index >= 15 is 0 Å². The normalized spacial score (nSPS) is 14.9. The lowest BCUT2D eigenvalue weighted by molar-refractivity contribution is 0.0697. The third-order valence-electron chi connectivity index (χ3n) is 4.93. The van der Waals surface area contributed by atoms with Crippen LogP contribution in [0.2, 0.25) is 0 Å². The number of ether oxygens (including phenoxy) is 1. The Labute approximate surface area is 155 Å². The molecule has 2 heterocycles. The van der Waals surface area contributed by atoms with Crippen LogP contribution in [0.4, 0.5) is 5.82 Å². The van der Waals surface area contributed by atoms with Gasteiger partial charge in [0.15, 0.2) is 0 Å². The molecule has 5 nitrogen and oxygen atoms in total. The second-order valence-corrected chi connectivity index (χ2v) is 6.93. The number of nitrogens with zero attached hydrogens (tertiary/aromatic N) is 2. The van der Waals surface area contributed by atoms with E-state index in [0.29, 0.717) is 11.5 Å². The Hall–Kier alpha value is -2.56. The number of methoxy groups -OCH3 is 1. The molecule has 0 aliphatic carbocycles. The molecule has 1 aliphatic heterocycles. The predicted molar refractivity (Wildman–Crippen MR) is 104 cm³/mol. The standard InChI is InChI=1S/C21H27N3O2/c1-16-8-12-24(13-9-16)21(25)18-7-11-23-20(15-18)22-10-6-17-4-3-5-19(14-17)26-2/h3-5,7,11,14-16H,6,8-10,12-13H2,1-2H3,(H,22,23). The zero-order valence-electron chi connectivity index (χ0n) is 15.6. The van der Waals surface area contributed by atoms with E-state index in [9.17, 15) is 4.79 Å². The van der Waals surface area contributed by atoms with Gasteiger partial charge in [-0.25, -0.2) is 4.98 Å². The predicted octanol–water partition coefficient (Wildman–Crippen LogP) is 3.62. The van der Waals surface area contributed by atoms with Crippen molar-refractivity contribution in [3.63, 3.8) is 0 Å². The average Bonchev–Trinajstić information content (AvgIpc) is 2.68. The summed E-state index contributed by atoms with van der Waals surface area (Å²) in [4.78, 5) is 19.0. The van der Waals surface area contributed by atoms with Crippen LogP contribution in [0.3, 0.4) is 0 Å². The van der Waals surface area contributed by atoms with Gasteiger partial charge in [0.25, 0.3) is 5.91 Å². The van der Waals surface area contributed by atoms with Crippen molar-refractivity contribution < 1.29 is 9.53 Å². The van der Waals surface area contributed by atoms with Crippen molar-refractivity contribution >= 4 is 11.7 Å². The van der Waals surface area contributed by atoms with Crippen molar-refractivity contribution in [1.82, 2.24) is 9.88 Å². The van der Waals surface area contributed by atoms with E-state index in [0.717, 1.165) is 50.5 Å². The van der Waals surface area contributed by atoms with Gasteiger partial charge in [-0.05, 0) is 55.0 Å². The SMILES string of the molecule is COc1cccc(CCNc2cc(C(=O)N3CCC(C)CC3)ccn2)c1. The summed E-state index contributed by atoms with van der Waals surface area (Å²) < 4.78 is 5.25. The van der Waals surface area contributed by atoms with Crippen LogP contribution < -0.4 is 10.1 Å². The van der Waals surface area contributed by atoms with Crippen molar-refractivity contribution in [1.29, 1.82) is 0 Å². The van der Waals surface area contributed by atoms with E-state index in [1.807, 2.05) is 29.2 Å². The molecule has 1 amide bonds. The van der Waals surface area contributed by atoms with Crippen LogP contribution in [-0.4, -0.2) is 42.5 Å². The smallest absolute Gasteiger partial charge is 0.254 e. The van der Waals surface area contributed by atoms with Crippen LogP contribution in [-0.2, 0) is 6.42 Å². The molecule has 26 heavy (non-hydrogen) atoms. The van der Waals surface area contributed by atoms with Gasteiger partial charge in [-0.3, -0.25) is 4.79 Å². The monoisotopic (exact) mass is 353 g/mol. The van der Waals surface area contributed by atoms with E-state index in [1.165, 1.54) is 5.56 Å². The molecule has 1 aliphatic rings. The molecule has 1 aromatic heterocycles. The number of likely N-dealkylation sites (tertiary alicyclic amines) is 1. The molecule has 0 spiro atoms. The first-order valence-electron chi connectivity index (χ1n) is 9.28. The van der Waals surface area contributed by atoms with Gasteiger partial charge in [0.1, 0.15) is 11.6 Å². The van der Waals surface area contributed by atoms with Gasteiger partial charge in [-0.15, -0.1) is 0 Å². The Morgan fingerprint density at radius 2 is 2.08 bits per heavy atom. The summed E-state index contributed by atoms with van der Waals surface area (Å²) in [6, 6.07) is 11.7. The highest BCUT2D eigenvalue weighted by atomic mass is 16.5. The number of hydrogen-bond acceptors (Lipinski definition) is 4. The van der Waals surface area contributed by atoms with Gasteiger partial charge in [0, 0.05) is 31.4 Å². The highest BCUT2D eigenvalue weighted by Gasteiger charge is 2.21. The number of anilines is 1. The van der Waals surface area contributed by atoms with Crippen molar-refractivity contribution in [2.75, 3.05) is 32.1 Å². The summed E-state index contributed by atoms with van der Waals surface area (Å²) in [5.41, 5.74) is 1.91. The largest absolute Gasteiger partial charge is 0.497 e. The number of benzene rings is 1. The van der Waals surface area contributed by atoms with Crippen LogP contribution in [0.25, 0.3) is 0 Å². The fraction of sp³-hybridized carbons (Fsp3) is 0.429. The van der Waals surface area contributed by atoms with Gasteiger partial charge >= 0.3 is 0 Å². The third kappa shape index (κ3) is 4.75. The molecule has 0 bridgehead atoms. The molecule has 1 N–H and O–H groups in total. The van der Waals surface area contributed by atoms with E-state index in [4.69, 9.17) is 4.74 Å². The average molecular weight is 353 g/mol. The Balaban J connectivity index is 1.56. The lowest BCUT2D eigenvalue weighted by atomic mass is 9.99. The number of carbonyl (C=O) groups excluding carboxylic acids is 1. The van der Waals surface area contributed by atoms with E-state index in [1.54, 1.807) is 19.4 Å². The molecule has 0 radical (unpaired) electrons. The van der Waals surface area contributed by atoms with E-state index in [2.05, 4.69) is 23.3 Å². The fourth-order valence-corrected chi connectivity index (χ4v) is 3.22. The number of hydrogen-bond donors (Lipinski definition) is 1. The van der Waals surface area contributed by atoms with Crippen LogP contribution >= 0.6 is 0 Å². The Morgan fingerprint density at radius 1 is 1.27 bits per heavy atom. The van der Waals surface area contributed by atoms with Crippen molar-refractivity contribution in [2.45, 2.75) is 26.2 Å². The fourth-order valence-electron chi connectivity index (χ4n) is 3.22. The molecule has 138 valence electrons. The Kier molecular flexibility index (Phi) is 6.10. The van der Waals surface area contributed by atoms with Gasteiger partial charge in [0.05, 0.1) is 7.11 Å². The molecule has 3 rings (SSSR count). The summed E-state index contributed by atoms with van der Waals surface area (Å²) >= 11 is 0. The number of aromatic nitrogens is 1. The number of rotatable bonds is 6. The van der Waals surface area contributed by atoms with E-state index in [-0.39, 0.29) is 5.91 Å². The van der Waals surface area contributed by atoms with Crippen molar-refractivity contribution in [3.8, 4) is 5.75 Å². The molecule has 5 heteroatoms. The first-order chi connectivity index (χ1) is 12.7. The Morgan fingerprint density at radius 3 is 2.85 bits per heavy atom. The molecule has 2 aromatic rings. The summed E-state index contributed by atoms with van der Waals surface area (Å²) in [5, 5.41) is 3.31. The van der Waals surface area contributed by atoms with Crippen LogP contribution in [0.1, 0.15) is 35.7 Å². The maximum atomic E-state index is 12.7. The van der Waals surface area contributed by atoms with E-state index < -0.39 is 0 Å². The van der Waals surface area contributed by atoms with Gasteiger partial charge in [-0.2, -0.15) is 0 Å². The second kappa shape index (κ2) is 8.70. The quantitative estimate of drug-likeness (QED) is 0.862. The highest BCUT2D eigenvalue weighted by molar-refractivity contribution is 5.94. The van der Waals surface area contributed by atoms with Crippen LogP contribution in [0.5, 0.6) is 5.75 Å². The number of pyridine rings is 1. The van der Waals surface area contributed by atoms with Crippen LogP contribution in [0, 0.1) is 5.92 Å². The molecule has 0 atom stereocenters. The zero-order chi connectivity index (χ0) is 18.4. The van der Waals surface area contributed by atoms with Gasteiger partial charge in [0.2, 0.25) is 0 Å². The Bertz CT molecular complexity index is 740. The minimum absolute atomic E-state index is 0.107. The molecule has 0 unspecified atom stereocenters. The summed E-state index contributed by atoms with van der Waals surface area (Å²) in [7, 11) is 1.67. The lowest BCUT2D eigenvalue weighted by Gasteiger charge is -2.30. The zero-order valence-corrected chi connectivity index (χ0v) is 15.6. The van der Waals surface area contributed by atoms with Crippen molar-refractivity contribution in [3.05, 3.63) is 53.7 Å². The molecule has 1 saturated heterocycles. The number of carbonyl (C=O) groups is 1. The molecular weight excluding hydrogens is 326 g/mol. The van der Waals surface area contributed by atoms with Crippen LogP contribution in [0.15, 0.2) is 42.6 Å². The first-order valence-corrected chi connectivity index (χ1v) is 9.28. The molecule has 1 fully saturated rings.